The van der Waals surface area contributed by atoms with Crippen molar-refractivity contribution in [1.29, 1.82) is 0 Å². The van der Waals surface area contributed by atoms with Gasteiger partial charge in [0, 0.05) is 31.5 Å². The fourth-order valence-corrected chi connectivity index (χ4v) is 3.38. The number of aromatic nitrogens is 3. The van der Waals surface area contributed by atoms with Gasteiger partial charge in [-0.1, -0.05) is 0 Å². The summed E-state index contributed by atoms with van der Waals surface area (Å²) >= 11 is 0. The minimum Gasteiger partial charge on any atom is -0.360 e. The second kappa shape index (κ2) is 6.05. The molecule has 118 valence electrons. The minimum absolute atomic E-state index is 0.0808. The summed E-state index contributed by atoms with van der Waals surface area (Å²) in [5.41, 5.74) is 1.76. The third-order valence-electron chi connectivity index (χ3n) is 3.71. The number of H-pyrrole nitrogens is 1. The number of hydrogen-bond donors (Lipinski definition) is 2. The number of anilines is 1. The van der Waals surface area contributed by atoms with Gasteiger partial charge in [0.1, 0.15) is 0 Å². The number of hydrogen-bond acceptors (Lipinski definition) is 5. The van der Waals surface area contributed by atoms with Crippen molar-refractivity contribution in [2.24, 2.45) is 0 Å². The molecule has 0 aromatic carbocycles. The molecule has 22 heavy (non-hydrogen) atoms. The summed E-state index contributed by atoms with van der Waals surface area (Å²) in [6, 6.07) is 5.64. The fraction of sp³-hybridized carbons (Fsp3) is 0.429. The summed E-state index contributed by atoms with van der Waals surface area (Å²) in [6.45, 7) is 2.97. The number of nitrogens with one attached hydrogen (secondary N) is 2. The molecule has 1 aliphatic rings. The van der Waals surface area contributed by atoms with E-state index in [1.807, 2.05) is 29.3 Å². The SMILES string of the molecule is CCS(=O)(=O)NC1CCN(c2nccc(-c3ccc[nH]3)n2)C1. The van der Waals surface area contributed by atoms with Gasteiger partial charge in [-0.25, -0.2) is 23.1 Å². The molecule has 1 fully saturated rings. The Morgan fingerprint density at radius 1 is 1.45 bits per heavy atom. The highest BCUT2D eigenvalue weighted by Gasteiger charge is 2.27. The van der Waals surface area contributed by atoms with Crippen molar-refractivity contribution in [3.63, 3.8) is 0 Å². The molecule has 0 saturated carbocycles. The van der Waals surface area contributed by atoms with Gasteiger partial charge in [-0.15, -0.1) is 0 Å². The standard InChI is InChI=1S/C14H19N5O2S/c1-2-22(20,21)18-11-6-9-19(10-11)14-16-8-5-13(17-14)12-4-3-7-15-12/h3-5,7-8,11,15,18H,2,6,9-10H2,1H3. The van der Waals surface area contributed by atoms with E-state index in [0.29, 0.717) is 12.5 Å². The van der Waals surface area contributed by atoms with E-state index in [0.717, 1.165) is 24.4 Å². The Morgan fingerprint density at radius 3 is 3.05 bits per heavy atom. The maximum absolute atomic E-state index is 11.6. The molecule has 0 spiro atoms. The van der Waals surface area contributed by atoms with E-state index in [1.165, 1.54) is 0 Å². The lowest BCUT2D eigenvalue weighted by molar-refractivity contribution is 0.562. The molecule has 2 N–H and O–H groups in total. The van der Waals surface area contributed by atoms with Gasteiger partial charge < -0.3 is 9.88 Å². The van der Waals surface area contributed by atoms with Gasteiger partial charge in [-0.3, -0.25) is 0 Å². The monoisotopic (exact) mass is 321 g/mol. The first-order chi connectivity index (χ1) is 10.6. The van der Waals surface area contributed by atoms with E-state index in [9.17, 15) is 8.42 Å². The molecular weight excluding hydrogens is 302 g/mol. The summed E-state index contributed by atoms with van der Waals surface area (Å²) in [5.74, 6) is 0.729. The van der Waals surface area contributed by atoms with Gasteiger partial charge in [-0.05, 0) is 31.5 Å². The van der Waals surface area contributed by atoms with Gasteiger partial charge in [0.2, 0.25) is 16.0 Å². The van der Waals surface area contributed by atoms with E-state index < -0.39 is 10.0 Å². The lowest BCUT2D eigenvalue weighted by Crippen LogP contribution is -2.38. The van der Waals surface area contributed by atoms with Crippen LogP contribution in [-0.2, 0) is 10.0 Å². The van der Waals surface area contributed by atoms with Crippen LogP contribution in [-0.4, -0.2) is 48.3 Å². The second-order valence-corrected chi connectivity index (χ2v) is 7.32. The largest absolute Gasteiger partial charge is 0.360 e. The molecule has 3 rings (SSSR count). The minimum atomic E-state index is -3.17. The Kier molecular flexibility index (Phi) is 4.12. The molecule has 2 aromatic heterocycles. The molecular formula is C14H19N5O2S. The van der Waals surface area contributed by atoms with E-state index in [4.69, 9.17) is 0 Å². The zero-order valence-electron chi connectivity index (χ0n) is 12.4. The molecule has 7 nitrogen and oxygen atoms in total. The molecule has 0 radical (unpaired) electrons. The number of aromatic amines is 1. The molecule has 0 amide bonds. The van der Waals surface area contributed by atoms with Crippen LogP contribution in [0.3, 0.4) is 0 Å². The van der Waals surface area contributed by atoms with Crippen LogP contribution < -0.4 is 9.62 Å². The molecule has 1 unspecified atom stereocenters. The van der Waals surface area contributed by atoms with Crippen LogP contribution in [0.2, 0.25) is 0 Å². The molecule has 1 aliphatic heterocycles. The Hall–Kier alpha value is -1.93. The number of rotatable bonds is 5. The average molecular weight is 321 g/mol. The summed E-state index contributed by atoms with van der Waals surface area (Å²) in [5, 5.41) is 0. The van der Waals surface area contributed by atoms with Gasteiger partial charge in [-0.2, -0.15) is 0 Å². The Labute approximate surface area is 129 Å². The molecule has 1 atom stereocenters. The van der Waals surface area contributed by atoms with Crippen molar-refractivity contribution in [3.8, 4) is 11.4 Å². The molecule has 8 heteroatoms. The topological polar surface area (TPSA) is 91.0 Å². The maximum atomic E-state index is 11.6. The highest BCUT2D eigenvalue weighted by atomic mass is 32.2. The summed E-state index contributed by atoms with van der Waals surface area (Å²) in [4.78, 5) is 14.0. The summed E-state index contributed by atoms with van der Waals surface area (Å²) in [7, 11) is -3.17. The van der Waals surface area contributed by atoms with E-state index >= 15 is 0 Å². The molecule has 1 saturated heterocycles. The van der Waals surface area contributed by atoms with Crippen molar-refractivity contribution >= 4 is 16.0 Å². The van der Waals surface area contributed by atoms with Gasteiger partial charge in [0.15, 0.2) is 0 Å². The molecule has 0 aliphatic carbocycles. The van der Waals surface area contributed by atoms with Crippen molar-refractivity contribution in [3.05, 3.63) is 30.6 Å². The highest BCUT2D eigenvalue weighted by molar-refractivity contribution is 7.89. The lowest BCUT2D eigenvalue weighted by Gasteiger charge is -2.17. The molecule has 2 aromatic rings. The van der Waals surface area contributed by atoms with Crippen molar-refractivity contribution in [2.75, 3.05) is 23.7 Å². The van der Waals surface area contributed by atoms with E-state index in [1.54, 1.807) is 13.1 Å². The van der Waals surface area contributed by atoms with E-state index in [-0.39, 0.29) is 11.8 Å². The van der Waals surface area contributed by atoms with Gasteiger partial charge >= 0.3 is 0 Å². The summed E-state index contributed by atoms with van der Waals surface area (Å²) in [6.07, 6.45) is 4.33. The third-order valence-corrected chi connectivity index (χ3v) is 5.17. The maximum Gasteiger partial charge on any atom is 0.225 e. The van der Waals surface area contributed by atoms with Crippen LogP contribution in [0.25, 0.3) is 11.4 Å². The zero-order valence-corrected chi connectivity index (χ0v) is 13.2. The predicted octanol–water partition coefficient (Wildman–Crippen LogP) is 0.990. The Balaban J connectivity index is 1.72. The quantitative estimate of drug-likeness (QED) is 0.857. The summed E-state index contributed by atoms with van der Waals surface area (Å²) < 4.78 is 26.0. The number of sulfonamides is 1. The lowest BCUT2D eigenvalue weighted by atomic mass is 10.3. The third kappa shape index (κ3) is 3.28. The first-order valence-corrected chi connectivity index (χ1v) is 8.94. The highest BCUT2D eigenvalue weighted by Crippen LogP contribution is 2.20. The predicted molar refractivity (Wildman–Crippen MR) is 85.0 cm³/mol. The first-order valence-electron chi connectivity index (χ1n) is 7.29. The van der Waals surface area contributed by atoms with Crippen LogP contribution in [0.5, 0.6) is 0 Å². The number of nitrogens with zero attached hydrogens (tertiary/aromatic N) is 3. The normalized spacial score (nSPS) is 18.8. The van der Waals surface area contributed by atoms with Crippen molar-refractivity contribution in [2.45, 2.75) is 19.4 Å². The Bertz CT molecular complexity index is 729. The molecule has 3 heterocycles. The van der Waals surface area contributed by atoms with Gasteiger partial charge in [0.05, 0.1) is 17.1 Å². The van der Waals surface area contributed by atoms with Crippen molar-refractivity contribution < 1.29 is 8.42 Å². The second-order valence-electron chi connectivity index (χ2n) is 5.28. The fourth-order valence-electron chi connectivity index (χ4n) is 2.52. The van der Waals surface area contributed by atoms with Gasteiger partial charge in [0.25, 0.3) is 0 Å². The average Bonchev–Trinajstić information content (AvgIpc) is 3.18. The van der Waals surface area contributed by atoms with Crippen LogP contribution in [0, 0.1) is 0 Å². The smallest absolute Gasteiger partial charge is 0.225 e. The van der Waals surface area contributed by atoms with Crippen molar-refractivity contribution in [1.82, 2.24) is 19.7 Å². The van der Waals surface area contributed by atoms with Crippen LogP contribution in [0.15, 0.2) is 30.6 Å². The van der Waals surface area contributed by atoms with Crippen LogP contribution in [0.4, 0.5) is 5.95 Å². The van der Waals surface area contributed by atoms with Crippen LogP contribution in [0.1, 0.15) is 13.3 Å². The first kappa shape index (κ1) is 15.0. The zero-order chi connectivity index (χ0) is 15.6. The Morgan fingerprint density at radius 2 is 2.32 bits per heavy atom. The molecule has 0 bridgehead atoms. The van der Waals surface area contributed by atoms with Crippen LogP contribution >= 0.6 is 0 Å². The van der Waals surface area contributed by atoms with E-state index in [2.05, 4.69) is 19.7 Å².